The molecule has 2 saturated heterocycles. The largest absolute Gasteiger partial charge is 0.481 e. The Morgan fingerprint density at radius 1 is 1.26 bits per heavy atom. The number of nitrogens with one attached hydrogen (secondary N) is 1. The second-order valence-corrected chi connectivity index (χ2v) is 6.02. The Morgan fingerprint density at radius 2 is 2.05 bits per heavy atom. The smallest absolute Gasteiger partial charge is 0.317 e. The van der Waals surface area contributed by atoms with E-state index in [0.29, 0.717) is 18.9 Å². The van der Waals surface area contributed by atoms with Crippen LogP contribution in [0.5, 0.6) is 0 Å². The summed E-state index contributed by atoms with van der Waals surface area (Å²) in [6, 6.07) is 0.410. The van der Waals surface area contributed by atoms with Crippen LogP contribution in [-0.2, 0) is 4.79 Å². The van der Waals surface area contributed by atoms with Crippen LogP contribution in [0.25, 0.3) is 0 Å². The molecule has 0 aromatic heterocycles. The molecule has 3 rings (SSSR count). The number of carboxylic acid groups (broad SMARTS) is 1. The molecule has 6 nitrogen and oxygen atoms in total. The van der Waals surface area contributed by atoms with Crippen molar-refractivity contribution in [3.8, 4) is 0 Å². The summed E-state index contributed by atoms with van der Waals surface area (Å²) in [7, 11) is 0. The van der Waals surface area contributed by atoms with Gasteiger partial charge in [0.15, 0.2) is 0 Å². The molecule has 2 aliphatic heterocycles. The summed E-state index contributed by atoms with van der Waals surface area (Å²) in [6.07, 6.45) is 3.75. The average Bonchev–Trinajstić information content (AvgIpc) is 3.06. The highest BCUT2D eigenvalue weighted by molar-refractivity contribution is 5.80. The van der Waals surface area contributed by atoms with Gasteiger partial charge in [-0.2, -0.15) is 0 Å². The summed E-state index contributed by atoms with van der Waals surface area (Å²) < 4.78 is 0. The number of piperazine rings is 1. The van der Waals surface area contributed by atoms with E-state index < -0.39 is 11.4 Å². The summed E-state index contributed by atoms with van der Waals surface area (Å²) in [5, 5.41) is 11.9. The summed E-state index contributed by atoms with van der Waals surface area (Å²) in [5.74, 6) is -0.784. The zero-order valence-electron chi connectivity index (χ0n) is 11.1. The van der Waals surface area contributed by atoms with Crippen LogP contribution in [0.3, 0.4) is 0 Å². The lowest BCUT2D eigenvalue weighted by Crippen LogP contribution is -2.55. The predicted octanol–water partition coefficient (Wildman–Crippen LogP) is 0.341. The summed E-state index contributed by atoms with van der Waals surface area (Å²) >= 11 is 0. The van der Waals surface area contributed by atoms with Crippen molar-refractivity contribution in [1.82, 2.24) is 15.1 Å². The van der Waals surface area contributed by atoms with Gasteiger partial charge in [-0.15, -0.1) is 0 Å². The molecule has 0 radical (unpaired) electrons. The molecular weight excluding hydrogens is 246 g/mol. The number of hydrogen-bond acceptors (Lipinski definition) is 3. The number of amides is 2. The van der Waals surface area contributed by atoms with Crippen molar-refractivity contribution in [2.24, 2.45) is 5.41 Å². The second-order valence-electron chi connectivity index (χ2n) is 6.02. The Labute approximate surface area is 112 Å². The molecule has 0 bridgehead atoms. The number of carbonyl (C=O) groups is 2. The minimum Gasteiger partial charge on any atom is -0.481 e. The van der Waals surface area contributed by atoms with Crippen LogP contribution >= 0.6 is 0 Å². The minimum absolute atomic E-state index is 0.0981. The molecule has 3 aliphatic rings. The molecule has 2 amide bonds. The minimum atomic E-state index is -0.784. The fourth-order valence-corrected chi connectivity index (χ4v) is 3.15. The summed E-state index contributed by atoms with van der Waals surface area (Å²) in [5.41, 5.74) is -0.676. The molecular formula is C13H21N3O3. The maximum Gasteiger partial charge on any atom is 0.317 e. The summed E-state index contributed by atoms with van der Waals surface area (Å²) in [4.78, 5) is 27.4. The van der Waals surface area contributed by atoms with Gasteiger partial charge in [0, 0.05) is 32.2 Å². The van der Waals surface area contributed by atoms with Crippen molar-refractivity contribution in [2.75, 3.05) is 32.7 Å². The average molecular weight is 267 g/mol. The molecule has 0 aromatic carbocycles. The van der Waals surface area contributed by atoms with E-state index in [1.54, 1.807) is 0 Å². The lowest BCUT2D eigenvalue weighted by atomic mass is 10.1. The first-order valence-corrected chi connectivity index (χ1v) is 7.11. The van der Waals surface area contributed by atoms with E-state index >= 15 is 0 Å². The monoisotopic (exact) mass is 267 g/mol. The Bertz CT molecular complexity index is 395. The van der Waals surface area contributed by atoms with E-state index in [-0.39, 0.29) is 12.6 Å². The number of rotatable bonds is 3. The van der Waals surface area contributed by atoms with Gasteiger partial charge in [-0.3, -0.25) is 9.69 Å². The molecule has 2 N–H and O–H groups in total. The molecule has 1 unspecified atom stereocenters. The lowest BCUT2D eigenvalue weighted by molar-refractivity contribution is -0.143. The van der Waals surface area contributed by atoms with Gasteiger partial charge in [0.1, 0.15) is 0 Å². The zero-order chi connectivity index (χ0) is 13.5. The summed E-state index contributed by atoms with van der Waals surface area (Å²) in [6.45, 7) is 3.91. The van der Waals surface area contributed by atoms with Crippen molar-refractivity contribution in [2.45, 2.75) is 31.7 Å². The third-order valence-electron chi connectivity index (χ3n) is 4.76. The lowest BCUT2D eigenvalue weighted by Gasteiger charge is -2.37. The molecule has 1 saturated carbocycles. The van der Waals surface area contributed by atoms with Gasteiger partial charge in [-0.1, -0.05) is 0 Å². The van der Waals surface area contributed by atoms with Gasteiger partial charge in [-0.05, 0) is 32.2 Å². The van der Waals surface area contributed by atoms with E-state index in [4.69, 9.17) is 5.11 Å². The molecule has 19 heavy (non-hydrogen) atoms. The van der Waals surface area contributed by atoms with Gasteiger partial charge in [0.05, 0.1) is 5.41 Å². The number of aliphatic carboxylic acids is 1. The number of carboxylic acids is 1. The molecule has 1 aliphatic carbocycles. The number of urea groups is 1. The van der Waals surface area contributed by atoms with Crippen LogP contribution in [0.15, 0.2) is 0 Å². The highest BCUT2D eigenvalue weighted by Crippen LogP contribution is 2.45. The van der Waals surface area contributed by atoms with E-state index in [9.17, 15) is 9.59 Å². The van der Waals surface area contributed by atoms with E-state index in [1.807, 2.05) is 4.90 Å². The van der Waals surface area contributed by atoms with Gasteiger partial charge < -0.3 is 15.3 Å². The van der Waals surface area contributed by atoms with Crippen molar-refractivity contribution in [3.05, 3.63) is 0 Å². The maximum atomic E-state index is 12.1. The van der Waals surface area contributed by atoms with Crippen LogP contribution in [-0.4, -0.2) is 65.7 Å². The first kappa shape index (κ1) is 12.7. The van der Waals surface area contributed by atoms with Gasteiger partial charge in [0.25, 0.3) is 0 Å². The number of hydrogen-bond donors (Lipinski definition) is 2. The third-order valence-corrected chi connectivity index (χ3v) is 4.76. The van der Waals surface area contributed by atoms with Crippen molar-refractivity contribution in [3.63, 3.8) is 0 Å². The maximum absolute atomic E-state index is 12.1. The number of nitrogens with zero attached hydrogens (tertiary/aromatic N) is 2. The quantitative estimate of drug-likeness (QED) is 0.773. The SMILES string of the molecule is O=C(NCC1(C(=O)O)CC1)N1CCN2CCCC2C1. The molecule has 1 atom stereocenters. The van der Waals surface area contributed by atoms with Crippen LogP contribution in [0.4, 0.5) is 4.79 Å². The molecule has 6 heteroatoms. The number of fused-ring (bicyclic) bond motifs is 1. The Hall–Kier alpha value is -1.30. The highest BCUT2D eigenvalue weighted by atomic mass is 16.4. The van der Waals surface area contributed by atoms with Crippen LogP contribution < -0.4 is 5.32 Å². The van der Waals surface area contributed by atoms with Crippen LogP contribution in [0, 0.1) is 5.41 Å². The first-order valence-electron chi connectivity index (χ1n) is 7.11. The van der Waals surface area contributed by atoms with Crippen LogP contribution in [0.2, 0.25) is 0 Å². The molecule has 3 fully saturated rings. The predicted molar refractivity (Wildman–Crippen MR) is 68.9 cm³/mol. The van der Waals surface area contributed by atoms with Crippen LogP contribution in [0.1, 0.15) is 25.7 Å². The number of carbonyl (C=O) groups excluding carboxylic acids is 1. The zero-order valence-corrected chi connectivity index (χ0v) is 11.1. The first-order chi connectivity index (χ1) is 9.11. The topological polar surface area (TPSA) is 72.9 Å². The van der Waals surface area contributed by atoms with Gasteiger partial charge in [0.2, 0.25) is 0 Å². The van der Waals surface area contributed by atoms with Crippen molar-refractivity contribution >= 4 is 12.0 Å². The van der Waals surface area contributed by atoms with Crippen molar-refractivity contribution < 1.29 is 14.7 Å². The van der Waals surface area contributed by atoms with E-state index in [1.165, 1.54) is 12.8 Å². The Balaban J connectivity index is 1.49. The standard InChI is InChI=1S/C13H21N3O3/c17-11(18)13(3-4-13)9-14-12(19)16-7-6-15-5-1-2-10(15)8-16/h10H,1-9H2,(H,14,19)(H,17,18). The normalized spacial score (nSPS) is 28.8. The Kier molecular flexibility index (Phi) is 3.12. The third kappa shape index (κ3) is 2.41. The van der Waals surface area contributed by atoms with Crippen molar-refractivity contribution in [1.29, 1.82) is 0 Å². The van der Waals surface area contributed by atoms with Gasteiger partial charge >= 0.3 is 12.0 Å². The van der Waals surface area contributed by atoms with E-state index in [2.05, 4.69) is 10.2 Å². The molecule has 0 aromatic rings. The van der Waals surface area contributed by atoms with E-state index in [0.717, 1.165) is 26.2 Å². The molecule has 2 heterocycles. The fraction of sp³-hybridized carbons (Fsp3) is 0.846. The Morgan fingerprint density at radius 3 is 2.74 bits per heavy atom. The second kappa shape index (κ2) is 4.67. The highest BCUT2D eigenvalue weighted by Gasteiger charge is 2.50. The fourth-order valence-electron chi connectivity index (χ4n) is 3.15. The molecule has 106 valence electrons. The van der Waals surface area contributed by atoms with Gasteiger partial charge in [-0.25, -0.2) is 4.79 Å². The molecule has 0 spiro atoms.